The molecule has 0 aromatic carbocycles. The van der Waals surface area contributed by atoms with Crippen molar-refractivity contribution in [2.75, 3.05) is 0 Å². The topological polar surface area (TPSA) is 72.1 Å². The fourth-order valence-corrected chi connectivity index (χ4v) is 4.26. The van der Waals surface area contributed by atoms with Gasteiger partial charge in [0.2, 0.25) is 17.6 Å². The van der Waals surface area contributed by atoms with Crippen LogP contribution in [0, 0.1) is 5.92 Å². The summed E-state index contributed by atoms with van der Waals surface area (Å²) in [7, 11) is 0. The van der Waals surface area contributed by atoms with Gasteiger partial charge in [-0.1, -0.05) is 19.0 Å². The van der Waals surface area contributed by atoms with Gasteiger partial charge in [0.1, 0.15) is 0 Å². The third kappa shape index (κ3) is 3.17. The van der Waals surface area contributed by atoms with Crippen molar-refractivity contribution in [3.63, 3.8) is 0 Å². The molecule has 2 fully saturated rings. The molecule has 4 heterocycles. The van der Waals surface area contributed by atoms with Gasteiger partial charge in [0.05, 0.1) is 0 Å². The zero-order valence-corrected chi connectivity index (χ0v) is 14.8. The van der Waals surface area contributed by atoms with Crippen molar-refractivity contribution in [1.29, 1.82) is 0 Å². The molecule has 2 aliphatic rings. The summed E-state index contributed by atoms with van der Waals surface area (Å²) in [6, 6.07) is 4.41. The van der Waals surface area contributed by atoms with E-state index >= 15 is 0 Å². The molecule has 6 heteroatoms. The lowest BCUT2D eigenvalue weighted by molar-refractivity contribution is -0.136. The number of nitrogens with zero attached hydrogens (tertiary/aromatic N) is 4. The Morgan fingerprint density at radius 1 is 1.24 bits per heavy atom. The Balaban J connectivity index is 1.48. The van der Waals surface area contributed by atoms with Crippen molar-refractivity contribution in [3.8, 4) is 11.4 Å². The molecule has 0 saturated carbocycles. The first-order valence-electron chi connectivity index (χ1n) is 9.17. The Bertz CT molecular complexity index is 729. The highest BCUT2D eigenvalue weighted by Gasteiger charge is 2.44. The molecule has 2 aliphatic heterocycles. The molecule has 2 saturated heterocycles. The van der Waals surface area contributed by atoms with Crippen LogP contribution in [0.25, 0.3) is 11.4 Å². The van der Waals surface area contributed by atoms with Crippen LogP contribution >= 0.6 is 0 Å². The standard InChI is InChI=1S/C19H24N4O2/c1-12(2)9-17(24)23-15-3-4-16(23)11-14(10-15)19-21-18(22-25-19)13-5-7-20-8-6-13/h5-8,12,14-16H,3-4,9-11H2,1-2H3/t14?,15-,16+. The zero-order valence-electron chi connectivity index (χ0n) is 14.8. The maximum atomic E-state index is 12.6. The van der Waals surface area contributed by atoms with E-state index in [0.29, 0.717) is 42.0 Å². The molecule has 0 aliphatic carbocycles. The normalized spacial score (nSPS) is 25.6. The van der Waals surface area contributed by atoms with Crippen LogP contribution in [0.5, 0.6) is 0 Å². The average Bonchev–Trinajstić information content (AvgIpc) is 3.18. The Kier molecular flexibility index (Phi) is 4.27. The number of pyridine rings is 1. The van der Waals surface area contributed by atoms with Gasteiger partial charge in [-0.25, -0.2) is 0 Å². The van der Waals surface area contributed by atoms with Gasteiger partial charge in [0, 0.05) is 42.4 Å². The molecule has 2 aromatic rings. The molecule has 0 radical (unpaired) electrons. The maximum Gasteiger partial charge on any atom is 0.230 e. The summed E-state index contributed by atoms with van der Waals surface area (Å²) in [4.78, 5) is 23.3. The van der Waals surface area contributed by atoms with Crippen molar-refractivity contribution in [2.24, 2.45) is 5.92 Å². The molecular formula is C19H24N4O2. The van der Waals surface area contributed by atoms with Gasteiger partial charge in [0.15, 0.2) is 0 Å². The van der Waals surface area contributed by atoms with Crippen LogP contribution in [0.4, 0.5) is 0 Å². The van der Waals surface area contributed by atoms with E-state index in [0.717, 1.165) is 31.2 Å². The Morgan fingerprint density at radius 2 is 1.92 bits per heavy atom. The summed E-state index contributed by atoms with van der Waals surface area (Å²) in [5.74, 6) is 2.29. The van der Waals surface area contributed by atoms with Crippen LogP contribution in [-0.4, -0.2) is 38.0 Å². The third-order valence-corrected chi connectivity index (χ3v) is 5.33. The summed E-state index contributed by atoms with van der Waals surface area (Å²) in [5, 5.41) is 4.13. The summed E-state index contributed by atoms with van der Waals surface area (Å²) in [6.07, 6.45) is 8.14. The first-order chi connectivity index (χ1) is 12.1. The molecule has 4 rings (SSSR count). The number of piperidine rings is 1. The predicted molar refractivity (Wildman–Crippen MR) is 92.6 cm³/mol. The predicted octanol–water partition coefficient (Wildman–Crippen LogP) is 3.41. The molecular weight excluding hydrogens is 316 g/mol. The van der Waals surface area contributed by atoms with E-state index in [1.54, 1.807) is 12.4 Å². The number of aromatic nitrogens is 3. The van der Waals surface area contributed by atoms with Crippen LogP contribution in [0.1, 0.15) is 57.8 Å². The van der Waals surface area contributed by atoms with Gasteiger partial charge < -0.3 is 9.42 Å². The summed E-state index contributed by atoms with van der Waals surface area (Å²) < 4.78 is 5.56. The Labute approximate surface area is 147 Å². The van der Waals surface area contributed by atoms with E-state index in [1.165, 1.54) is 0 Å². The number of carbonyl (C=O) groups is 1. The lowest BCUT2D eigenvalue weighted by atomic mass is 9.90. The Hall–Kier alpha value is -2.24. The summed E-state index contributed by atoms with van der Waals surface area (Å²) in [5.41, 5.74) is 0.914. The fourth-order valence-electron chi connectivity index (χ4n) is 4.26. The van der Waals surface area contributed by atoms with E-state index < -0.39 is 0 Å². The first kappa shape index (κ1) is 16.2. The van der Waals surface area contributed by atoms with Crippen LogP contribution in [0.15, 0.2) is 29.0 Å². The first-order valence-corrected chi connectivity index (χ1v) is 9.17. The monoisotopic (exact) mass is 340 g/mol. The number of fused-ring (bicyclic) bond motifs is 2. The molecule has 0 spiro atoms. The van der Waals surface area contributed by atoms with Crippen LogP contribution in [0.2, 0.25) is 0 Å². The number of hydrogen-bond donors (Lipinski definition) is 0. The average molecular weight is 340 g/mol. The fraction of sp³-hybridized carbons (Fsp3) is 0.579. The van der Waals surface area contributed by atoms with E-state index in [4.69, 9.17) is 4.52 Å². The molecule has 132 valence electrons. The highest BCUT2D eigenvalue weighted by molar-refractivity contribution is 5.77. The number of carbonyl (C=O) groups excluding carboxylic acids is 1. The summed E-state index contributed by atoms with van der Waals surface area (Å²) >= 11 is 0. The van der Waals surface area contributed by atoms with E-state index in [9.17, 15) is 4.79 Å². The van der Waals surface area contributed by atoms with Gasteiger partial charge in [-0.05, 0) is 43.7 Å². The second-order valence-corrected chi connectivity index (χ2v) is 7.64. The van der Waals surface area contributed by atoms with Gasteiger partial charge >= 0.3 is 0 Å². The maximum absolute atomic E-state index is 12.6. The number of hydrogen-bond acceptors (Lipinski definition) is 5. The van der Waals surface area contributed by atoms with Crippen molar-refractivity contribution in [1.82, 2.24) is 20.0 Å². The highest BCUT2D eigenvalue weighted by Crippen LogP contribution is 2.43. The van der Waals surface area contributed by atoms with E-state index in [1.807, 2.05) is 12.1 Å². The van der Waals surface area contributed by atoms with Gasteiger partial charge in [0.25, 0.3) is 0 Å². The number of amides is 1. The summed E-state index contributed by atoms with van der Waals surface area (Å²) in [6.45, 7) is 4.21. The molecule has 1 unspecified atom stereocenters. The second-order valence-electron chi connectivity index (χ2n) is 7.64. The van der Waals surface area contributed by atoms with Crippen molar-refractivity contribution in [2.45, 2.75) is 64.0 Å². The molecule has 2 aromatic heterocycles. The molecule has 0 N–H and O–H groups in total. The van der Waals surface area contributed by atoms with Gasteiger partial charge in [-0.2, -0.15) is 4.98 Å². The minimum Gasteiger partial charge on any atom is -0.339 e. The minimum absolute atomic E-state index is 0.253. The lowest BCUT2D eigenvalue weighted by Gasteiger charge is -2.38. The molecule has 1 amide bonds. The van der Waals surface area contributed by atoms with Gasteiger partial charge in [-0.15, -0.1) is 0 Å². The highest BCUT2D eigenvalue weighted by atomic mass is 16.5. The van der Waals surface area contributed by atoms with Crippen LogP contribution < -0.4 is 0 Å². The lowest BCUT2D eigenvalue weighted by Crippen LogP contribution is -2.46. The zero-order chi connectivity index (χ0) is 17.4. The largest absolute Gasteiger partial charge is 0.339 e. The second kappa shape index (κ2) is 6.58. The van der Waals surface area contributed by atoms with Gasteiger partial charge in [-0.3, -0.25) is 9.78 Å². The SMILES string of the molecule is CC(C)CC(=O)N1[C@@H]2CC[C@H]1CC(c1nc(-c3ccncc3)no1)C2. The van der Waals surface area contributed by atoms with Crippen LogP contribution in [-0.2, 0) is 4.79 Å². The molecule has 3 atom stereocenters. The smallest absolute Gasteiger partial charge is 0.230 e. The van der Waals surface area contributed by atoms with Crippen molar-refractivity contribution in [3.05, 3.63) is 30.4 Å². The van der Waals surface area contributed by atoms with Crippen molar-refractivity contribution >= 4 is 5.91 Å². The van der Waals surface area contributed by atoms with E-state index in [2.05, 4.69) is 33.9 Å². The number of rotatable bonds is 4. The molecule has 2 bridgehead atoms. The minimum atomic E-state index is 0.253. The third-order valence-electron chi connectivity index (χ3n) is 5.33. The molecule has 25 heavy (non-hydrogen) atoms. The molecule has 6 nitrogen and oxygen atoms in total. The van der Waals surface area contributed by atoms with E-state index in [-0.39, 0.29) is 5.92 Å². The van der Waals surface area contributed by atoms with Crippen LogP contribution in [0.3, 0.4) is 0 Å². The quantitative estimate of drug-likeness (QED) is 0.853. The van der Waals surface area contributed by atoms with Crippen molar-refractivity contribution < 1.29 is 9.32 Å². The Morgan fingerprint density at radius 3 is 2.56 bits per heavy atom.